The highest BCUT2D eigenvalue weighted by Crippen LogP contribution is 2.18. The number of carbonyl (C=O) groups excluding carboxylic acids is 2. The number of amides is 2. The normalized spacial score (nSPS) is 10.3. The number of carbonyl (C=O) groups is 2. The standard InChI is InChI=1S/C26H28N2O4/c1-31-23-12-6-19(7-13-23)10-16-25(29)27-21-4-3-5-22(18-21)28-26(30)17-11-20-8-14-24(32-2)15-9-20/h3-9,12-15,18H,10-11,16-17H2,1-2H3,(H,27,29)(H,28,30). The third kappa shape index (κ3) is 7.16. The fourth-order valence-electron chi connectivity index (χ4n) is 3.22. The summed E-state index contributed by atoms with van der Waals surface area (Å²) in [7, 11) is 3.25. The summed E-state index contributed by atoms with van der Waals surface area (Å²) in [4.78, 5) is 24.6. The molecule has 2 N–H and O–H groups in total. The maximum atomic E-state index is 12.3. The van der Waals surface area contributed by atoms with Crippen LogP contribution in [-0.2, 0) is 22.4 Å². The number of rotatable bonds is 10. The van der Waals surface area contributed by atoms with Gasteiger partial charge in [-0.2, -0.15) is 0 Å². The molecular formula is C26H28N2O4. The molecule has 6 heteroatoms. The molecule has 0 aliphatic rings. The summed E-state index contributed by atoms with van der Waals surface area (Å²) in [5.74, 6) is 1.43. The summed E-state index contributed by atoms with van der Waals surface area (Å²) in [6.45, 7) is 0. The van der Waals surface area contributed by atoms with Gasteiger partial charge in [-0.15, -0.1) is 0 Å². The fraction of sp³-hybridized carbons (Fsp3) is 0.231. The van der Waals surface area contributed by atoms with Crippen LogP contribution >= 0.6 is 0 Å². The molecule has 0 aromatic heterocycles. The van der Waals surface area contributed by atoms with E-state index in [1.165, 1.54) is 0 Å². The number of benzene rings is 3. The van der Waals surface area contributed by atoms with Crippen LogP contribution in [0.2, 0.25) is 0 Å². The molecule has 0 fully saturated rings. The van der Waals surface area contributed by atoms with E-state index in [0.717, 1.165) is 22.6 Å². The molecule has 32 heavy (non-hydrogen) atoms. The smallest absolute Gasteiger partial charge is 0.224 e. The zero-order chi connectivity index (χ0) is 22.8. The number of hydrogen-bond acceptors (Lipinski definition) is 4. The van der Waals surface area contributed by atoms with Crippen LogP contribution in [0.15, 0.2) is 72.8 Å². The Balaban J connectivity index is 1.46. The maximum Gasteiger partial charge on any atom is 0.224 e. The summed E-state index contributed by atoms with van der Waals surface area (Å²) in [5, 5.41) is 5.78. The monoisotopic (exact) mass is 432 g/mol. The Labute approximate surface area is 188 Å². The lowest BCUT2D eigenvalue weighted by atomic mass is 10.1. The van der Waals surface area contributed by atoms with Gasteiger partial charge in [0.15, 0.2) is 0 Å². The van der Waals surface area contributed by atoms with Crippen molar-refractivity contribution < 1.29 is 19.1 Å². The van der Waals surface area contributed by atoms with E-state index < -0.39 is 0 Å². The van der Waals surface area contributed by atoms with Gasteiger partial charge >= 0.3 is 0 Å². The zero-order valence-corrected chi connectivity index (χ0v) is 18.4. The molecule has 0 atom stereocenters. The molecule has 2 amide bonds. The molecule has 0 radical (unpaired) electrons. The molecule has 0 bridgehead atoms. The van der Waals surface area contributed by atoms with Crippen molar-refractivity contribution in [3.05, 3.63) is 83.9 Å². The van der Waals surface area contributed by atoms with E-state index in [0.29, 0.717) is 37.1 Å². The van der Waals surface area contributed by atoms with E-state index in [4.69, 9.17) is 9.47 Å². The molecule has 0 spiro atoms. The highest BCUT2D eigenvalue weighted by Gasteiger charge is 2.07. The fourth-order valence-corrected chi connectivity index (χ4v) is 3.22. The second-order valence-electron chi connectivity index (χ2n) is 7.37. The van der Waals surface area contributed by atoms with Crippen molar-refractivity contribution in [3.63, 3.8) is 0 Å². The van der Waals surface area contributed by atoms with Crippen molar-refractivity contribution in [3.8, 4) is 11.5 Å². The summed E-state index contributed by atoms with van der Waals surface area (Å²) in [5.41, 5.74) is 3.44. The number of anilines is 2. The van der Waals surface area contributed by atoms with Gasteiger partial charge in [0.1, 0.15) is 11.5 Å². The van der Waals surface area contributed by atoms with Crippen LogP contribution in [0.5, 0.6) is 11.5 Å². The van der Waals surface area contributed by atoms with Crippen LogP contribution in [0.1, 0.15) is 24.0 Å². The van der Waals surface area contributed by atoms with Crippen molar-refractivity contribution in [2.24, 2.45) is 0 Å². The molecule has 3 aromatic rings. The van der Waals surface area contributed by atoms with Crippen molar-refractivity contribution in [1.29, 1.82) is 0 Å². The Morgan fingerprint density at radius 2 is 1.06 bits per heavy atom. The number of aryl methyl sites for hydroxylation is 2. The predicted molar refractivity (Wildman–Crippen MR) is 126 cm³/mol. The van der Waals surface area contributed by atoms with E-state index in [1.807, 2.05) is 48.5 Å². The van der Waals surface area contributed by atoms with Crippen molar-refractivity contribution in [2.45, 2.75) is 25.7 Å². The number of hydrogen-bond donors (Lipinski definition) is 2. The predicted octanol–water partition coefficient (Wildman–Crippen LogP) is 4.85. The summed E-state index contributed by atoms with van der Waals surface area (Å²) < 4.78 is 10.3. The van der Waals surface area contributed by atoms with Gasteiger partial charge in [-0.3, -0.25) is 9.59 Å². The second-order valence-corrected chi connectivity index (χ2v) is 7.37. The second kappa shape index (κ2) is 11.6. The highest BCUT2D eigenvalue weighted by molar-refractivity contribution is 5.94. The zero-order valence-electron chi connectivity index (χ0n) is 18.4. The average Bonchev–Trinajstić information content (AvgIpc) is 2.82. The maximum absolute atomic E-state index is 12.3. The SMILES string of the molecule is COc1ccc(CCC(=O)Nc2cccc(NC(=O)CCc3ccc(OC)cc3)c2)cc1. The first-order chi connectivity index (χ1) is 15.6. The van der Waals surface area contributed by atoms with Crippen LogP contribution in [-0.4, -0.2) is 26.0 Å². The lowest BCUT2D eigenvalue weighted by molar-refractivity contribution is -0.116. The van der Waals surface area contributed by atoms with Crippen LogP contribution in [0.4, 0.5) is 11.4 Å². The van der Waals surface area contributed by atoms with E-state index in [-0.39, 0.29) is 11.8 Å². The molecule has 3 rings (SSSR count). The van der Waals surface area contributed by atoms with Gasteiger partial charge in [-0.05, 0) is 66.4 Å². The molecule has 0 saturated heterocycles. The van der Waals surface area contributed by atoms with Gasteiger partial charge in [-0.1, -0.05) is 30.3 Å². The minimum atomic E-state index is -0.0798. The third-order valence-corrected chi connectivity index (χ3v) is 5.03. The van der Waals surface area contributed by atoms with E-state index in [2.05, 4.69) is 10.6 Å². The molecule has 0 aliphatic carbocycles. The van der Waals surface area contributed by atoms with Crippen LogP contribution in [0.3, 0.4) is 0 Å². The van der Waals surface area contributed by atoms with Crippen molar-refractivity contribution >= 4 is 23.2 Å². The first kappa shape index (κ1) is 22.9. The van der Waals surface area contributed by atoms with E-state index in [9.17, 15) is 9.59 Å². The van der Waals surface area contributed by atoms with Crippen LogP contribution in [0, 0.1) is 0 Å². The molecule has 0 heterocycles. The number of nitrogens with one attached hydrogen (secondary N) is 2. The summed E-state index contributed by atoms with van der Waals surface area (Å²) >= 11 is 0. The molecule has 6 nitrogen and oxygen atoms in total. The Bertz CT molecular complexity index is 950. The molecule has 3 aromatic carbocycles. The van der Waals surface area contributed by atoms with Gasteiger partial charge in [0.05, 0.1) is 14.2 Å². The Morgan fingerprint density at radius 3 is 1.44 bits per heavy atom. The molecular weight excluding hydrogens is 404 g/mol. The van der Waals surface area contributed by atoms with Gasteiger partial charge in [0, 0.05) is 24.2 Å². The van der Waals surface area contributed by atoms with Crippen LogP contribution < -0.4 is 20.1 Å². The molecule has 166 valence electrons. The topological polar surface area (TPSA) is 76.7 Å². The molecule has 0 aliphatic heterocycles. The first-order valence-electron chi connectivity index (χ1n) is 10.5. The Kier molecular flexibility index (Phi) is 8.26. The molecule has 0 unspecified atom stereocenters. The van der Waals surface area contributed by atoms with Crippen LogP contribution in [0.25, 0.3) is 0 Å². The summed E-state index contributed by atoms with van der Waals surface area (Å²) in [6, 6.07) is 22.5. The van der Waals surface area contributed by atoms with Gasteiger partial charge in [0.25, 0.3) is 0 Å². The first-order valence-corrected chi connectivity index (χ1v) is 10.5. The number of ether oxygens (including phenoxy) is 2. The quantitative estimate of drug-likeness (QED) is 0.480. The molecule has 0 saturated carbocycles. The Morgan fingerprint density at radius 1 is 0.656 bits per heavy atom. The number of methoxy groups -OCH3 is 2. The van der Waals surface area contributed by atoms with E-state index in [1.54, 1.807) is 38.5 Å². The van der Waals surface area contributed by atoms with Gasteiger partial charge in [0.2, 0.25) is 11.8 Å². The van der Waals surface area contributed by atoms with E-state index >= 15 is 0 Å². The lowest BCUT2D eigenvalue weighted by Gasteiger charge is -2.09. The van der Waals surface area contributed by atoms with Crippen molar-refractivity contribution in [1.82, 2.24) is 0 Å². The average molecular weight is 433 g/mol. The third-order valence-electron chi connectivity index (χ3n) is 5.03. The lowest BCUT2D eigenvalue weighted by Crippen LogP contribution is -2.14. The Hall–Kier alpha value is -3.80. The summed E-state index contributed by atoms with van der Waals surface area (Å²) in [6.07, 6.45) is 2.00. The minimum absolute atomic E-state index is 0.0798. The van der Waals surface area contributed by atoms with Gasteiger partial charge < -0.3 is 20.1 Å². The highest BCUT2D eigenvalue weighted by atomic mass is 16.5. The van der Waals surface area contributed by atoms with Gasteiger partial charge in [-0.25, -0.2) is 0 Å². The van der Waals surface area contributed by atoms with Crippen molar-refractivity contribution in [2.75, 3.05) is 24.9 Å². The minimum Gasteiger partial charge on any atom is -0.497 e. The largest absolute Gasteiger partial charge is 0.497 e.